The predicted octanol–water partition coefficient (Wildman–Crippen LogP) is 4.93. The number of nitrogens with one attached hydrogen (secondary N) is 1. The maximum Gasteiger partial charge on any atom is 0.340 e. The Balaban J connectivity index is 1.68. The molecule has 1 atom stereocenters. The van der Waals surface area contributed by atoms with Crippen molar-refractivity contribution in [1.82, 2.24) is 4.57 Å². The molecular formula is C19H20Cl2N2O3. The minimum absolute atomic E-state index is 0.356. The lowest BCUT2D eigenvalue weighted by Gasteiger charge is -2.14. The van der Waals surface area contributed by atoms with Gasteiger partial charge in [-0.2, -0.15) is 0 Å². The van der Waals surface area contributed by atoms with Gasteiger partial charge in [-0.1, -0.05) is 23.2 Å². The number of esters is 1. The van der Waals surface area contributed by atoms with Crippen molar-refractivity contribution >= 4 is 40.8 Å². The van der Waals surface area contributed by atoms with Crippen LogP contribution in [0.3, 0.4) is 0 Å². The predicted molar refractivity (Wildman–Crippen MR) is 102 cm³/mol. The molecular weight excluding hydrogens is 375 g/mol. The van der Waals surface area contributed by atoms with Gasteiger partial charge in [-0.15, -0.1) is 0 Å². The first kappa shape index (κ1) is 18.8. The summed E-state index contributed by atoms with van der Waals surface area (Å²) in [6, 6.07) is 7.04. The average molecular weight is 395 g/mol. The number of aryl methyl sites for hydroxylation is 1. The Kier molecular flexibility index (Phi) is 5.30. The molecule has 0 radical (unpaired) electrons. The molecule has 26 heavy (non-hydrogen) atoms. The Bertz CT molecular complexity index is 872. The third-order valence-electron chi connectivity index (χ3n) is 4.46. The number of amides is 1. The lowest BCUT2D eigenvalue weighted by atomic mass is 10.2. The third kappa shape index (κ3) is 3.89. The van der Waals surface area contributed by atoms with Crippen LogP contribution < -0.4 is 5.32 Å². The van der Waals surface area contributed by atoms with Gasteiger partial charge in [0.25, 0.3) is 5.91 Å². The Morgan fingerprint density at radius 1 is 1.23 bits per heavy atom. The molecule has 0 bridgehead atoms. The molecule has 1 N–H and O–H groups in total. The first-order chi connectivity index (χ1) is 12.3. The molecule has 0 spiro atoms. The highest BCUT2D eigenvalue weighted by Gasteiger charge is 2.29. The zero-order chi connectivity index (χ0) is 19.0. The maximum atomic E-state index is 12.5. The van der Waals surface area contributed by atoms with Gasteiger partial charge in [-0.05, 0) is 57.9 Å². The normalized spacial score (nSPS) is 14.8. The molecule has 0 aliphatic heterocycles. The van der Waals surface area contributed by atoms with Crippen molar-refractivity contribution in [3.05, 3.63) is 51.3 Å². The lowest BCUT2D eigenvalue weighted by Crippen LogP contribution is -2.30. The highest BCUT2D eigenvalue weighted by molar-refractivity contribution is 6.35. The van der Waals surface area contributed by atoms with Gasteiger partial charge in [0.2, 0.25) is 0 Å². The van der Waals surface area contributed by atoms with E-state index >= 15 is 0 Å². The Morgan fingerprint density at radius 3 is 2.58 bits per heavy atom. The van der Waals surface area contributed by atoms with Gasteiger partial charge in [-0.3, -0.25) is 4.79 Å². The van der Waals surface area contributed by atoms with E-state index in [-0.39, 0.29) is 0 Å². The van der Waals surface area contributed by atoms with E-state index < -0.39 is 18.0 Å². The van der Waals surface area contributed by atoms with Gasteiger partial charge < -0.3 is 14.6 Å². The zero-order valence-electron chi connectivity index (χ0n) is 14.8. The molecule has 2 aromatic rings. The van der Waals surface area contributed by atoms with Crippen LogP contribution in [-0.2, 0) is 9.53 Å². The second-order valence-electron chi connectivity index (χ2n) is 6.55. The Morgan fingerprint density at radius 2 is 1.92 bits per heavy atom. The van der Waals surface area contributed by atoms with Gasteiger partial charge in [0.15, 0.2) is 6.10 Å². The number of halogens is 2. The summed E-state index contributed by atoms with van der Waals surface area (Å²) < 4.78 is 7.51. The van der Waals surface area contributed by atoms with Crippen molar-refractivity contribution in [2.24, 2.45) is 0 Å². The van der Waals surface area contributed by atoms with Crippen LogP contribution in [0.25, 0.3) is 0 Å². The summed E-state index contributed by atoms with van der Waals surface area (Å²) in [5.41, 5.74) is 2.77. The number of nitrogens with zero attached hydrogens (tertiary/aromatic N) is 1. The van der Waals surface area contributed by atoms with Gasteiger partial charge in [0, 0.05) is 22.5 Å². The minimum Gasteiger partial charge on any atom is -0.449 e. The Labute approximate surface area is 162 Å². The number of rotatable bonds is 5. The molecule has 1 aliphatic rings. The molecule has 1 saturated carbocycles. The molecule has 3 rings (SSSR count). The molecule has 138 valence electrons. The molecule has 7 heteroatoms. The second-order valence-corrected chi connectivity index (χ2v) is 7.39. The monoisotopic (exact) mass is 394 g/mol. The van der Waals surface area contributed by atoms with Gasteiger partial charge in [-0.25, -0.2) is 4.79 Å². The van der Waals surface area contributed by atoms with Crippen LogP contribution >= 0.6 is 23.2 Å². The van der Waals surface area contributed by atoms with E-state index in [4.69, 9.17) is 27.9 Å². The van der Waals surface area contributed by atoms with E-state index in [0.29, 0.717) is 27.3 Å². The first-order valence-electron chi connectivity index (χ1n) is 8.43. The number of hydrogen-bond donors (Lipinski definition) is 1. The highest BCUT2D eigenvalue weighted by Crippen LogP contribution is 2.38. The molecule has 5 nitrogen and oxygen atoms in total. The van der Waals surface area contributed by atoms with Crippen LogP contribution in [-0.4, -0.2) is 22.5 Å². The smallest absolute Gasteiger partial charge is 0.340 e. The summed E-state index contributed by atoms with van der Waals surface area (Å²) in [6.45, 7) is 5.39. The van der Waals surface area contributed by atoms with Crippen LogP contribution in [0.4, 0.5) is 5.69 Å². The molecule has 1 amide bonds. The van der Waals surface area contributed by atoms with E-state index in [9.17, 15) is 9.59 Å². The fraction of sp³-hybridized carbons (Fsp3) is 0.368. The fourth-order valence-corrected chi connectivity index (χ4v) is 3.32. The van der Waals surface area contributed by atoms with Crippen molar-refractivity contribution in [2.45, 2.75) is 45.8 Å². The first-order valence-corrected chi connectivity index (χ1v) is 9.19. The van der Waals surface area contributed by atoms with E-state index in [1.807, 2.05) is 19.9 Å². The van der Waals surface area contributed by atoms with E-state index in [1.165, 1.54) is 6.92 Å². The second kappa shape index (κ2) is 7.33. The molecule has 0 saturated heterocycles. The fourth-order valence-electron chi connectivity index (χ4n) is 2.98. The topological polar surface area (TPSA) is 60.3 Å². The quantitative estimate of drug-likeness (QED) is 0.731. The summed E-state index contributed by atoms with van der Waals surface area (Å²) in [6.07, 6.45) is 1.29. The van der Waals surface area contributed by atoms with Crippen molar-refractivity contribution in [2.75, 3.05) is 5.32 Å². The number of ether oxygens (including phenoxy) is 1. The van der Waals surface area contributed by atoms with Crippen LogP contribution in [0.1, 0.15) is 47.6 Å². The number of anilines is 1. The SMILES string of the molecule is Cc1cc(C(=O)O[C@@H](C)C(=O)Nc2cc(Cl)ccc2Cl)c(C)n1C1CC1. The number of benzene rings is 1. The maximum absolute atomic E-state index is 12.5. The standard InChI is InChI=1S/C19H20Cl2N2O3/c1-10-8-15(11(2)23(10)14-5-6-14)19(25)26-12(3)18(24)22-17-9-13(20)4-7-16(17)21/h4,7-9,12,14H,5-6H2,1-3H3,(H,22,24)/t12-/m0/s1. The summed E-state index contributed by atoms with van der Waals surface area (Å²) >= 11 is 12.0. The van der Waals surface area contributed by atoms with Crippen LogP contribution in [0, 0.1) is 13.8 Å². The largest absolute Gasteiger partial charge is 0.449 e. The summed E-state index contributed by atoms with van der Waals surface area (Å²) in [5.74, 6) is -0.983. The third-order valence-corrected chi connectivity index (χ3v) is 5.02. The molecule has 0 unspecified atom stereocenters. The highest BCUT2D eigenvalue weighted by atomic mass is 35.5. The zero-order valence-corrected chi connectivity index (χ0v) is 16.3. The van der Waals surface area contributed by atoms with Crippen molar-refractivity contribution < 1.29 is 14.3 Å². The average Bonchev–Trinajstić information content (AvgIpc) is 3.36. The number of carbonyl (C=O) groups excluding carboxylic acids is 2. The molecule has 1 heterocycles. The number of hydrogen-bond acceptors (Lipinski definition) is 3. The number of aromatic nitrogens is 1. The van der Waals surface area contributed by atoms with Crippen LogP contribution in [0.15, 0.2) is 24.3 Å². The summed E-state index contributed by atoms with van der Waals surface area (Å²) in [4.78, 5) is 24.8. The number of carbonyl (C=O) groups is 2. The Hall–Kier alpha value is -1.98. The van der Waals surface area contributed by atoms with Crippen molar-refractivity contribution in [3.8, 4) is 0 Å². The van der Waals surface area contributed by atoms with Crippen LogP contribution in [0.2, 0.25) is 10.0 Å². The summed E-state index contributed by atoms with van der Waals surface area (Å²) in [5, 5.41) is 3.43. The van der Waals surface area contributed by atoms with Crippen molar-refractivity contribution in [1.29, 1.82) is 0 Å². The summed E-state index contributed by atoms with van der Waals surface area (Å²) in [7, 11) is 0. The molecule has 1 aromatic heterocycles. The molecule has 1 aliphatic carbocycles. The van der Waals surface area contributed by atoms with Gasteiger partial charge in [0.1, 0.15) is 0 Å². The van der Waals surface area contributed by atoms with Crippen LogP contribution in [0.5, 0.6) is 0 Å². The van der Waals surface area contributed by atoms with Gasteiger partial charge >= 0.3 is 5.97 Å². The lowest BCUT2D eigenvalue weighted by molar-refractivity contribution is -0.123. The minimum atomic E-state index is -0.971. The molecule has 1 fully saturated rings. The van der Waals surface area contributed by atoms with E-state index in [2.05, 4.69) is 9.88 Å². The van der Waals surface area contributed by atoms with Gasteiger partial charge in [0.05, 0.1) is 16.3 Å². The van der Waals surface area contributed by atoms with Crippen molar-refractivity contribution in [3.63, 3.8) is 0 Å². The molecule has 1 aromatic carbocycles. The van der Waals surface area contributed by atoms with E-state index in [1.54, 1.807) is 18.2 Å². The van der Waals surface area contributed by atoms with E-state index in [0.717, 1.165) is 24.2 Å².